The third-order valence-electron chi connectivity index (χ3n) is 12.5. The number of halogens is 24. The van der Waals surface area contributed by atoms with Gasteiger partial charge < -0.3 is 10.2 Å². The van der Waals surface area contributed by atoms with Crippen molar-refractivity contribution in [3.63, 3.8) is 0 Å². The van der Waals surface area contributed by atoms with E-state index in [0.29, 0.717) is 12.4 Å². The van der Waals surface area contributed by atoms with Gasteiger partial charge in [0.05, 0.1) is 61.3 Å². The molecule has 8 aromatic rings. The third kappa shape index (κ3) is 13.0. The number of para-hydroxylation sites is 2. The Morgan fingerprint density at radius 3 is 0.667 bits per heavy atom. The maximum atomic E-state index is 14.1. The molecule has 2 N–H and O–H groups in total. The van der Waals surface area contributed by atoms with E-state index in [1.54, 1.807) is 0 Å². The van der Waals surface area contributed by atoms with Crippen LogP contribution in [-0.4, -0.2) is 22.6 Å². The van der Waals surface area contributed by atoms with Gasteiger partial charge in [0.25, 0.3) is 0 Å². The number of nitrogens with zero attached hydrogens (tertiary/aromatic N) is 2. The Labute approximate surface area is 453 Å². The number of hydrogen-bond acceptors (Lipinski definition) is 4. The molecule has 0 aliphatic carbocycles. The summed E-state index contributed by atoms with van der Waals surface area (Å²) in [7, 11) is 0. The highest BCUT2D eigenvalue weighted by Gasteiger charge is 2.42. The van der Waals surface area contributed by atoms with Crippen LogP contribution in [0.1, 0.15) is 55.6 Å². The van der Waals surface area contributed by atoms with E-state index >= 15 is 0 Å². The van der Waals surface area contributed by atoms with Crippen LogP contribution in [0.25, 0.3) is 55.3 Å². The molecule has 28 heteroatoms. The van der Waals surface area contributed by atoms with Gasteiger partial charge >= 0.3 is 49.4 Å². The number of hydrogen-bond donors (Lipinski definition) is 2. The fourth-order valence-electron chi connectivity index (χ4n) is 8.63. The zero-order valence-electron chi connectivity index (χ0n) is 40.7. The first kappa shape index (κ1) is 61.4. The molecular formula is C56H26F24N2O2. The van der Waals surface area contributed by atoms with E-state index in [0.717, 1.165) is 60.7 Å². The molecule has 440 valence electrons. The van der Waals surface area contributed by atoms with E-state index in [9.17, 15) is 116 Å². The zero-order chi connectivity index (χ0) is 62.2. The SMILES string of the molecule is Oc1c(C=Nc2c(-c3cc(C(F)(F)F)cc(C(F)(F)F)c3)cccc2-c2cc(C(F)(F)F)cc(C(F)(F)F)c2)ccc2ccc(C=Nc3c(-c4cc(C(F)(F)F)cc(C(F)(F)F)c4)cccc3-c3cc(C(F)(F)F)cc(C(F)(F)F)c3)c(O)c12. The molecule has 84 heavy (non-hydrogen) atoms. The Hall–Kier alpha value is -8.72. The van der Waals surface area contributed by atoms with Crippen molar-refractivity contribution < 1.29 is 116 Å². The van der Waals surface area contributed by atoms with E-state index in [1.165, 1.54) is 0 Å². The zero-order valence-corrected chi connectivity index (χ0v) is 40.7. The van der Waals surface area contributed by atoms with Gasteiger partial charge in [-0.3, -0.25) is 9.98 Å². The lowest BCUT2D eigenvalue weighted by atomic mass is 9.92. The van der Waals surface area contributed by atoms with E-state index in [4.69, 9.17) is 0 Å². The van der Waals surface area contributed by atoms with Gasteiger partial charge in [-0.1, -0.05) is 48.5 Å². The molecular weight excluding hydrogens is 1190 g/mol. The number of benzene rings is 8. The van der Waals surface area contributed by atoms with Crippen LogP contribution < -0.4 is 0 Å². The first-order valence-corrected chi connectivity index (χ1v) is 23.0. The van der Waals surface area contributed by atoms with Crippen molar-refractivity contribution in [2.45, 2.75) is 49.4 Å². The molecule has 0 atom stereocenters. The van der Waals surface area contributed by atoms with Crippen LogP contribution >= 0.6 is 0 Å². The van der Waals surface area contributed by atoms with E-state index < -0.39 is 178 Å². The van der Waals surface area contributed by atoms with Crippen molar-refractivity contribution in [1.29, 1.82) is 0 Å². The normalized spacial score (nSPS) is 13.5. The molecule has 0 unspecified atom stereocenters. The summed E-state index contributed by atoms with van der Waals surface area (Å²) < 4.78 is 339. The molecule has 0 saturated heterocycles. The number of alkyl halides is 24. The maximum Gasteiger partial charge on any atom is 0.416 e. The number of aliphatic imine (C=N–C) groups is 2. The van der Waals surface area contributed by atoms with E-state index in [1.807, 2.05) is 0 Å². The fourth-order valence-corrected chi connectivity index (χ4v) is 8.63. The molecule has 8 rings (SSSR count). The Bertz CT molecular complexity index is 3360. The van der Waals surface area contributed by atoms with Gasteiger partial charge in [0, 0.05) is 45.8 Å². The lowest BCUT2D eigenvalue weighted by Crippen LogP contribution is -2.11. The van der Waals surface area contributed by atoms with Crippen LogP contribution in [0.4, 0.5) is 117 Å². The second kappa shape index (κ2) is 21.2. The smallest absolute Gasteiger partial charge is 0.416 e. The first-order valence-electron chi connectivity index (χ1n) is 23.0. The Kier molecular flexibility index (Phi) is 15.5. The quantitative estimate of drug-likeness (QED) is 0.118. The van der Waals surface area contributed by atoms with Crippen LogP contribution in [0.15, 0.2) is 143 Å². The van der Waals surface area contributed by atoms with Crippen LogP contribution in [-0.2, 0) is 49.4 Å². The molecule has 0 aliphatic heterocycles. The predicted octanol–water partition coefficient (Wildman–Crippen LogP) is 20.6. The highest BCUT2D eigenvalue weighted by atomic mass is 19.4. The number of phenols is 2. The third-order valence-corrected chi connectivity index (χ3v) is 12.5. The van der Waals surface area contributed by atoms with E-state index in [2.05, 4.69) is 9.98 Å². The first-order chi connectivity index (χ1) is 38.5. The molecule has 0 radical (unpaired) electrons. The van der Waals surface area contributed by atoms with Crippen LogP contribution in [0.3, 0.4) is 0 Å². The summed E-state index contributed by atoms with van der Waals surface area (Å²) in [6.45, 7) is 0. The molecule has 4 nitrogen and oxygen atoms in total. The number of aromatic hydroxyl groups is 2. The summed E-state index contributed by atoms with van der Waals surface area (Å²) in [5.74, 6) is -2.15. The average molecular weight is 1210 g/mol. The van der Waals surface area contributed by atoms with Gasteiger partial charge in [-0.25, -0.2) is 0 Å². The van der Waals surface area contributed by atoms with Crippen molar-refractivity contribution >= 4 is 34.6 Å². The summed E-state index contributed by atoms with van der Waals surface area (Å²) in [6.07, 6.45) is -42.9. The lowest BCUT2D eigenvalue weighted by molar-refractivity contribution is -0.144. The van der Waals surface area contributed by atoms with Crippen molar-refractivity contribution in [1.82, 2.24) is 0 Å². The second-order valence-corrected chi connectivity index (χ2v) is 18.2. The van der Waals surface area contributed by atoms with Crippen molar-refractivity contribution in [2.75, 3.05) is 0 Å². The highest BCUT2D eigenvalue weighted by molar-refractivity contribution is 6.06. The molecule has 0 amide bonds. The number of phenolic OH excluding ortho intramolecular Hbond substituents is 2. The van der Waals surface area contributed by atoms with Crippen LogP contribution in [0, 0.1) is 0 Å². The van der Waals surface area contributed by atoms with Crippen molar-refractivity contribution in [3.8, 4) is 56.0 Å². The highest BCUT2D eigenvalue weighted by Crippen LogP contribution is 2.50. The standard InChI is InChI=1S/C56H26F24N2O2/c57-49(58,59)32-11-28(12-33(19-32)50(60,61)62)40-3-1-4-41(29-13-34(51(63,64)65)20-35(14-29)52(66,67)68)45(40)81-23-26-9-7-25-8-10-27(48(84)44(25)47(26)83)24-82-46-42(30-15-36(53(69,70)71)21-37(16-30)54(72,73)74)5-2-6-43(46)31-17-38(55(75,76)77)22-39(18-31)56(78,79)80/h1-24,83-84H. The fraction of sp³-hybridized carbons (Fsp3) is 0.143. The summed E-state index contributed by atoms with van der Waals surface area (Å²) in [4.78, 5) is 8.11. The molecule has 0 fully saturated rings. The van der Waals surface area contributed by atoms with Crippen molar-refractivity contribution in [2.24, 2.45) is 9.98 Å². The molecule has 0 bridgehead atoms. The largest absolute Gasteiger partial charge is 0.506 e. The van der Waals surface area contributed by atoms with Gasteiger partial charge in [0.1, 0.15) is 11.5 Å². The molecule has 0 heterocycles. The van der Waals surface area contributed by atoms with Crippen molar-refractivity contribution in [3.05, 3.63) is 189 Å². The van der Waals surface area contributed by atoms with Gasteiger partial charge in [-0.15, -0.1) is 0 Å². The Morgan fingerprint density at radius 2 is 0.476 bits per heavy atom. The Morgan fingerprint density at radius 1 is 0.274 bits per heavy atom. The van der Waals surface area contributed by atoms with E-state index in [-0.39, 0.29) is 78.2 Å². The topological polar surface area (TPSA) is 65.2 Å². The molecule has 8 aromatic carbocycles. The lowest BCUT2D eigenvalue weighted by Gasteiger charge is -2.18. The van der Waals surface area contributed by atoms with Crippen LogP contribution in [0.5, 0.6) is 11.5 Å². The van der Waals surface area contributed by atoms with Crippen LogP contribution in [0.2, 0.25) is 0 Å². The predicted molar refractivity (Wildman–Crippen MR) is 256 cm³/mol. The second-order valence-electron chi connectivity index (χ2n) is 18.2. The summed E-state index contributed by atoms with van der Waals surface area (Å²) in [6, 6.07) is 9.16. The van der Waals surface area contributed by atoms with Gasteiger partial charge in [-0.05, 0) is 113 Å². The summed E-state index contributed by atoms with van der Waals surface area (Å²) >= 11 is 0. The van der Waals surface area contributed by atoms with Gasteiger partial charge in [-0.2, -0.15) is 105 Å². The minimum Gasteiger partial charge on any atom is -0.506 e. The minimum absolute atomic E-state index is 0.152. The summed E-state index contributed by atoms with van der Waals surface area (Å²) in [5.41, 5.74) is -25.6. The average Bonchev–Trinajstić information content (AvgIpc) is 1.74. The molecule has 0 aliphatic rings. The Balaban J connectivity index is 1.35. The molecule has 0 aromatic heterocycles. The molecule has 0 spiro atoms. The summed E-state index contributed by atoms with van der Waals surface area (Å²) in [5, 5.41) is 22.6. The monoisotopic (exact) mass is 1210 g/mol. The van der Waals surface area contributed by atoms with Gasteiger partial charge in [0.15, 0.2) is 0 Å². The maximum absolute atomic E-state index is 14.1. The number of fused-ring (bicyclic) bond motifs is 1. The number of rotatable bonds is 8. The van der Waals surface area contributed by atoms with Gasteiger partial charge in [0.2, 0.25) is 0 Å². The molecule has 0 saturated carbocycles. The minimum atomic E-state index is -5.50.